The number of benzene rings is 1. The van der Waals surface area contributed by atoms with Gasteiger partial charge in [-0.15, -0.1) is 0 Å². The number of carbonyl (C=O) groups excluding carboxylic acids is 1. The van der Waals surface area contributed by atoms with Crippen LogP contribution < -0.4 is 16.2 Å². The van der Waals surface area contributed by atoms with Gasteiger partial charge >= 0.3 is 0 Å². The smallest absolute Gasteiger partial charge is 0.248 e. The first kappa shape index (κ1) is 12.2. The molecular formula is C12H15ClN2O2. The van der Waals surface area contributed by atoms with Gasteiger partial charge in [0.2, 0.25) is 5.91 Å². The zero-order chi connectivity index (χ0) is 12.4. The second kappa shape index (κ2) is 4.94. The van der Waals surface area contributed by atoms with Crippen molar-refractivity contribution in [3.63, 3.8) is 0 Å². The molecule has 2 rings (SSSR count). The molecule has 92 valence electrons. The number of hydrogen-bond acceptors (Lipinski definition) is 3. The van der Waals surface area contributed by atoms with Crippen LogP contribution in [0.5, 0.6) is 5.75 Å². The fourth-order valence-corrected chi connectivity index (χ4v) is 2.24. The number of primary amides is 1. The highest BCUT2D eigenvalue weighted by Gasteiger charge is 2.26. The molecule has 1 amide bonds. The minimum Gasteiger partial charge on any atom is -0.487 e. The molecule has 2 unspecified atom stereocenters. The largest absolute Gasteiger partial charge is 0.487 e. The molecule has 1 fully saturated rings. The Hall–Kier alpha value is -1.26. The van der Waals surface area contributed by atoms with Crippen molar-refractivity contribution in [2.75, 3.05) is 0 Å². The molecule has 5 heteroatoms. The van der Waals surface area contributed by atoms with E-state index in [0.717, 1.165) is 19.3 Å². The average Bonchev–Trinajstić information content (AvgIpc) is 2.67. The second-order valence-corrected chi connectivity index (χ2v) is 4.67. The van der Waals surface area contributed by atoms with Crippen LogP contribution in [0.1, 0.15) is 29.6 Å². The van der Waals surface area contributed by atoms with Gasteiger partial charge in [0.05, 0.1) is 5.02 Å². The molecule has 0 heterocycles. The average molecular weight is 255 g/mol. The van der Waals surface area contributed by atoms with Crippen LogP contribution in [0.15, 0.2) is 18.2 Å². The lowest BCUT2D eigenvalue weighted by Gasteiger charge is -2.18. The Morgan fingerprint density at radius 2 is 2.18 bits per heavy atom. The van der Waals surface area contributed by atoms with Crippen LogP contribution in [0.4, 0.5) is 0 Å². The Morgan fingerprint density at radius 3 is 2.71 bits per heavy atom. The monoisotopic (exact) mass is 254 g/mol. The van der Waals surface area contributed by atoms with Gasteiger partial charge in [-0.3, -0.25) is 4.79 Å². The van der Waals surface area contributed by atoms with Gasteiger partial charge in [-0.1, -0.05) is 11.6 Å². The van der Waals surface area contributed by atoms with Gasteiger partial charge in [-0.05, 0) is 37.5 Å². The zero-order valence-electron chi connectivity index (χ0n) is 9.36. The Balaban J connectivity index is 2.14. The molecule has 1 aliphatic rings. The maximum Gasteiger partial charge on any atom is 0.248 e. The first-order valence-electron chi connectivity index (χ1n) is 5.59. The van der Waals surface area contributed by atoms with E-state index in [1.165, 1.54) is 6.07 Å². The molecule has 1 saturated carbocycles. The number of halogens is 1. The van der Waals surface area contributed by atoms with Gasteiger partial charge in [-0.2, -0.15) is 0 Å². The third-order valence-electron chi connectivity index (χ3n) is 3.00. The number of ether oxygens (including phenoxy) is 1. The summed E-state index contributed by atoms with van der Waals surface area (Å²) in [6, 6.07) is 4.83. The van der Waals surface area contributed by atoms with E-state index in [1.807, 2.05) is 0 Å². The SMILES string of the molecule is NC(=O)c1ccc(OC2CCCC2N)c(Cl)c1. The molecule has 4 nitrogen and oxygen atoms in total. The highest BCUT2D eigenvalue weighted by Crippen LogP contribution is 2.30. The number of carbonyl (C=O) groups is 1. The fraction of sp³-hybridized carbons (Fsp3) is 0.417. The fourth-order valence-electron chi connectivity index (χ4n) is 2.01. The maximum absolute atomic E-state index is 11.0. The van der Waals surface area contributed by atoms with E-state index in [0.29, 0.717) is 16.3 Å². The summed E-state index contributed by atoms with van der Waals surface area (Å²) in [4.78, 5) is 11.0. The second-order valence-electron chi connectivity index (χ2n) is 4.26. The summed E-state index contributed by atoms with van der Waals surface area (Å²) in [6.07, 6.45) is 2.99. The van der Waals surface area contributed by atoms with Crippen LogP contribution >= 0.6 is 11.6 Å². The Labute approximate surface area is 105 Å². The van der Waals surface area contributed by atoms with Crippen molar-refractivity contribution in [2.24, 2.45) is 11.5 Å². The van der Waals surface area contributed by atoms with Crippen molar-refractivity contribution in [3.05, 3.63) is 28.8 Å². The number of rotatable bonds is 3. The summed E-state index contributed by atoms with van der Waals surface area (Å²) in [5.74, 6) is 0.0510. The molecular weight excluding hydrogens is 240 g/mol. The summed E-state index contributed by atoms with van der Waals surface area (Å²) in [7, 11) is 0. The van der Waals surface area contributed by atoms with Gasteiger partial charge in [0.1, 0.15) is 11.9 Å². The maximum atomic E-state index is 11.0. The lowest BCUT2D eigenvalue weighted by atomic mass is 10.2. The lowest BCUT2D eigenvalue weighted by Crippen LogP contribution is -2.33. The standard InChI is InChI=1S/C12H15ClN2O2/c13-8-6-7(12(15)16)4-5-10(8)17-11-3-1-2-9(11)14/h4-6,9,11H,1-3,14H2,(H2,15,16). The molecule has 1 aromatic rings. The minimum atomic E-state index is -0.504. The van der Waals surface area contributed by atoms with E-state index in [-0.39, 0.29) is 12.1 Å². The predicted octanol–water partition coefficient (Wildman–Crippen LogP) is 1.70. The van der Waals surface area contributed by atoms with Gasteiger partial charge in [0.15, 0.2) is 0 Å². The number of amides is 1. The molecule has 0 saturated heterocycles. The van der Waals surface area contributed by atoms with E-state index >= 15 is 0 Å². The van der Waals surface area contributed by atoms with Crippen LogP contribution in [0.2, 0.25) is 5.02 Å². The lowest BCUT2D eigenvalue weighted by molar-refractivity contribution is 0.1000. The summed E-state index contributed by atoms with van der Waals surface area (Å²) in [5, 5.41) is 0.389. The topological polar surface area (TPSA) is 78.3 Å². The van der Waals surface area contributed by atoms with Crippen molar-refractivity contribution in [1.29, 1.82) is 0 Å². The van der Waals surface area contributed by atoms with Crippen LogP contribution in [-0.2, 0) is 0 Å². The summed E-state index contributed by atoms with van der Waals surface area (Å²) in [6.45, 7) is 0. The third kappa shape index (κ3) is 2.70. The van der Waals surface area contributed by atoms with Gasteiger partial charge in [0.25, 0.3) is 0 Å². The van der Waals surface area contributed by atoms with E-state index in [9.17, 15) is 4.79 Å². The van der Waals surface area contributed by atoms with Gasteiger partial charge in [0, 0.05) is 11.6 Å². The van der Waals surface area contributed by atoms with Crippen LogP contribution in [0.3, 0.4) is 0 Å². The summed E-state index contributed by atoms with van der Waals surface area (Å²) < 4.78 is 5.74. The van der Waals surface area contributed by atoms with Gasteiger partial charge in [-0.25, -0.2) is 0 Å². The molecule has 4 N–H and O–H groups in total. The van der Waals surface area contributed by atoms with Crippen molar-refractivity contribution >= 4 is 17.5 Å². The molecule has 0 radical (unpaired) electrons. The van der Waals surface area contributed by atoms with Crippen LogP contribution in [-0.4, -0.2) is 18.1 Å². The molecule has 1 aromatic carbocycles. The minimum absolute atomic E-state index is 0.00641. The van der Waals surface area contributed by atoms with Crippen molar-refractivity contribution in [2.45, 2.75) is 31.4 Å². The molecule has 0 bridgehead atoms. The molecule has 0 spiro atoms. The highest BCUT2D eigenvalue weighted by atomic mass is 35.5. The predicted molar refractivity (Wildman–Crippen MR) is 66.2 cm³/mol. The number of nitrogens with two attached hydrogens (primary N) is 2. The molecule has 0 aromatic heterocycles. The van der Waals surface area contributed by atoms with Crippen molar-refractivity contribution in [3.8, 4) is 5.75 Å². The quantitative estimate of drug-likeness (QED) is 0.862. The third-order valence-corrected chi connectivity index (χ3v) is 3.29. The summed E-state index contributed by atoms with van der Waals surface area (Å²) >= 11 is 6.03. The molecule has 17 heavy (non-hydrogen) atoms. The van der Waals surface area contributed by atoms with E-state index in [1.54, 1.807) is 12.1 Å². The first-order valence-corrected chi connectivity index (χ1v) is 5.97. The Bertz CT molecular complexity index is 437. The van der Waals surface area contributed by atoms with Crippen molar-refractivity contribution in [1.82, 2.24) is 0 Å². The molecule has 2 atom stereocenters. The van der Waals surface area contributed by atoms with E-state index < -0.39 is 5.91 Å². The molecule has 0 aliphatic heterocycles. The highest BCUT2D eigenvalue weighted by molar-refractivity contribution is 6.32. The van der Waals surface area contributed by atoms with Gasteiger partial charge < -0.3 is 16.2 Å². The van der Waals surface area contributed by atoms with E-state index in [4.69, 9.17) is 27.8 Å². The Kier molecular flexibility index (Phi) is 3.54. The van der Waals surface area contributed by atoms with Crippen molar-refractivity contribution < 1.29 is 9.53 Å². The summed E-state index contributed by atoms with van der Waals surface area (Å²) in [5.41, 5.74) is 11.4. The van der Waals surface area contributed by atoms with Crippen LogP contribution in [0, 0.1) is 0 Å². The first-order chi connectivity index (χ1) is 8.08. The Morgan fingerprint density at radius 1 is 1.41 bits per heavy atom. The normalized spacial score (nSPS) is 23.6. The zero-order valence-corrected chi connectivity index (χ0v) is 10.1. The van der Waals surface area contributed by atoms with Crippen LogP contribution in [0.25, 0.3) is 0 Å². The molecule has 1 aliphatic carbocycles. The number of hydrogen-bond donors (Lipinski definition) is 2. The van der Waals surface area contributed by atoms with E-state index in [2.05, 4.69) is 0 Å².